The van der Waals surface area contributed by atoms with Crippen molar-refractivity contribution in [2.75, 3.05) is 5.73 Å². The van der Waals surface area contributed by atoms with Crippen molar-refractivity contribution in [3.05, 3.63) is 52.9 Å². The molecule has 102 valence electrons. The Labute approximate surface area is 113 Å². The molecule has 2 aromatic rings. The predicted octanol–water partition coefficient (Wildman–Crippen LogP) is 2.25. The Morgan fingerprint density at radius 3 is 2.55 bits per heavy atom. The number of Topliss-reactive ketones (excluding diaryl/α,β-unsaturated/α-hetero) is 1. The first kappa shape index (κ1) is 12.7. The molecule has 0 amide bonds. The van der Waals surface area contributed by atoms with Gasteiger partial charge in [-0.1, -0.05) is 0 Å². The first-order chi connectivity index (χ1) is 9.52. The summed E-state index contributed by atoms with van der Waals surface area (Å²) in [7, 11) is 0. The second-order valence-electron chi connectivity index (χ2n) is 4.82. The third kappa shape index (κ3) is 2.24. The van der Waals surface area contributed by atoms with Crippen molar-refractivity contribution in [3.63, 3.8) is 0 Å². The van der Waals surface area contributed by atoms with E-state index >= 15 is 0 Å². The van der Waals surface area contributed by atoms with Crippen molar-refractivity contribution in [1.29, 1.82) is 0 Å². The minimum Gasteiger partial charge on any atom is -0.368 e. The van der Waals surface area contributed by atoms with E-state index in [1.54, 1.807) is 0 Å². The van der Waals surface area contributed by atoms with Gasteiger partial charge in [-0.05, 0) is 30.0 Å². The number of nitrogens with two attached hydrogens (primary N) is 1. The summed E-state index contributed by atoms with van der Waals surface area (Å²) in [6.07, 6.45) is 2.00. The van der Waals surface area contributed by atoms with Gasteiger partial charge in [0.2, 0.25) is 5.95 Å². The van der Waals surface area contributed by atoms with Crippen molar-refractivity contribution < 1.29 is 13.6 Å². The maximum atomic E-state index is 13.3. The van der Waals surface area contributed by atoms with Gasteiger partial charge in [0.25, 0.3) is 0 Å². The van der Waals surface area contributed by atoms with Gasteiger partial charge in [-0.3, -0.25) is 4.79 Å². The number of rotatable bonds is 1. The molecule has 20 heavy (non-hydrogen) atoms. The molecule has 0 saturated carbocycles. The molecule has 1 aromatic heterocycles. The fourth-order valence-corrected chi connectivity index (χ4v) is 2.51. The second kappa shape index (κ2) is 4.63. The number of nitrogen functional groups attached to an aromatic ring is 1. The zero-order valence-corrected chi connectivity index (χ0v) is 10.4. The Balaban J connectivity index is 2.00. The zero-order valence-electron chi connectivity index (χ0n) is 10.4. The molecule has 0 aliphatic heterocycles. The predicted molar refractivity (Wildman–Crippen MR) is 68.2 cm³/mol. The lowest BCUT2D eigenvalue weighted by Crippen LogP contribution is -2.21. The van der Waals surface area contributed by atoms with Crippen molar-refractivity contribution in [3.8, 4) is 0 Å². The van der Waals surface area contributed by atoms with Gasteiger partial charge >= 0.3 is 0 Å². The Morgan fingerprint density at radius 2 is 1.85 bits per heavy atom. The van der Waals surface area contributed by atoms with Crippen LogP contribution in [0.5, 0.6) is 0 Å². The van der Waals surface area contributed by atoms with Crippen LogP contribution in [-0.4, -0.2) is 15.8 Å². The number of aromatic nitrogens is 2. The second-order valence-corrected chi connectivity index (χ2v) is 4.82. The number of halogens is 2. The van der Waals surface area contributed by atoms with Crippen molar-refractivity contribution in [2.45, 2.75) is 18.8 Å². The van der Waals surface area contributed by atoms with Crippen LogP contribution < -0.4 is 5.73 Å². The number of benzene rings is 1. The number of hydrogen-bond acceptors (Lipinski definition) is 4. The Hall–Kier alpha value is -2.37. The monoisotopic (exact) mass is 275 g/mol. The normalized spacial score (nSPS) is 17.9. The van der Waals surface area contributed by atoms with Crippen LogP contribution >= 0.6 is 0 Å². The minimum atomic E-state index is -0.652. The molecule has 1 atom stereocenters. The van der Waals surface area contributed by atoms with Crippen LogP contribution in [0.1, 0.15) is 34.0 Å². The van der Waals surface area contributed by atoms with E-state index in [4.69, 9.17) is 5.73 Å². The molecule has 3 rings (SSSR count). The first-order valence-electron chi connectivity index (χ1n) is 6.13. The zero-order chi connectivity index (χ0) is 14.3. The molecule has 0 unspecified atom stereocenters. The smallest absolute Gasteiger partial charge is 0.220 e. The number of ketones is 1. The molecule has 0 bridgehead atoms. The first-order valence-corrected chi connectivity index (χ1v) is 6.13. The van der Waals surface area contributed by atoms with Gasteiger partial charge in [0, 0.05) is 18.7 Å². The average molecular weight is 275 g/mol. The van der Waals surface area contributed by atoms with Gasteiger partial charge in [0.05, 0.1) is 11.3 Å². The molecule has 1 aliphatic rings. The van der Waals surface area contributed by atoms with Gasteiger partial charge in [-0.15, -0.1) is 0 Å². The molecule has 1 aliphatic carbocycles. The quantitative estimate of drug-likeness (QED) is 0.866. The highest BCUT2D eigenvalue weighted by molar-refractivity contribution is 5.98. The minimum absolute atomic E-state index is 0.0858. The largest absolute Gasteiger partial charge is 0.368 e. The number of anilines is 1. The molecule has 6 heteroatoms. The van der Waals surface area contributed by atoms with Crippen molar-refractivity contribution in [1.82, 2.24) is 9.97 Å². The molecule has 0 saturated heterocycles. The Bertz CT molecular complexity index is 683. The highest BCUT2D eigenvalue weighted by Gasteiger charge is 2.28. The third-order valence-corrected chi connectivity index (χ3v) is 3.41. The van der Waals surface area contributed by atoms with Crippen molar-refractivity contribution >= 4 is 11.7 Å². The summed E-state index contributed by atoms with van der Waals surface area (Å²) >= 11 is 0. The summed E-state index contributed by atoms with van der Waals surface area (Å²) in [4.78, 5) is 19.9. The van der Waals surface area contributed by atoms with E-state index in [1.165, 1.54) is 18.3 Å². The SMILES string of the molecule is Nc1ncc2c(n1)C[C@H](c1cc(F)cc(F)c1)CC2=O. The molecule has 1 aromatic carbocycles. The molecular formula is C14H11F2N3O. The van der Waals surface area contributed by atoms with E-state index < -0.39 is 11.6 Å². The topological polar surface area (TPSA) is 68.9 Å². The molecule has 0 spiro atoms. The van der Waals surface area contributed by atoms with Crippen LogP contribution in [0.15, 0.2) is 24.4 Å². The average Bonchev–Trinajstić information content (AvgIpc) is 2.36. The van der Waals surface area contributed by atoms with E-state index in [0.29, 0.717) is 23.2 Å². The lowest BCUT2D eigenvalue weighted by molar-refractivity contribution is 0.0962. The van der Waals surface area contributed by atoms with E-state index in [-0.39, 0.29) is 24.1 Å². The van der Waals surface area contributed by atoms with Crippen LogP contribution in [-0.2, 0) is 6.42 Å². The Kier molecular flexibility index (Phi) is 2.93. The molecule has 4 nitrogen and oxygen atoms in total. The summed E-state index contributed by atoms with van der Waals surface area (Å²) < 4.78 is 26.5. The summed E-state index contributed by atoms with van der Waals surface area (Å²) in [6.45, 7) is 0. The molecular weight excluding hydrogens is 264 g/mol. The van der Waals surface area contributed by atoms with E-state index in [0.717, 1.165) is 6.07 Å². The number of carbonyl (C=O) groups excluding carboxylic acids is 1. The number of hydrogen-bond donors (Lipinski definition) is 1. The standard InChI is InChI=1S/C14H11F2N3O/c15-9-1-7(2-10(16)5-9)8-3-12-11(13(20)4-8)6-18-14(17)19-12/h1-2,5-6,8H,3-4H2,(H2,17,18,19)/t8-/m0/s1. The van der Waals surface area contributed by atoms with E-state index in [9.17, 15) is 13.6 Å². The van der Waals surface area contributed by atoms with Crippen molar-refractivity contribution in [2.24, 2.45) is 0 Å². The highest BCUT2D eigenvalue weighted by atomic mass is 19.1. The molecule has 2 N–H and O–H groups in total. The summed E-state index contributed by atoms with van der Waals surface area (Å²) in [6, 6.07) is 3.30. The van der Waals surface area contributed by atoms with Crippen LogP contribution in [0.25, 0.3) is 0 Å². The fourth-order valence-electron chi connectivity index (χ4n) is 2.51. The summed E-state index contributed by atoms with van der Waals surface area (Å²) in [5.74, 6) is -1.65. The number of fused-ring (bicyclic) bond motifs is 1. The van der Waals surface area contributed by atoms with Gasteiger partial charge in [-0.2, -0.15) is 0 Å². The highest BCUT2D eigenvalue weighted by Crippen LogP contribution is 2.32. The van der Waals surface area contributed by atoms with Crippen LogP contribution in [0, 0.1) is 11.6 Å². The molecule has 1 heterocycles. The van der Waals surface area contributed by atoms with Gasteiger partial charge < -0.3 is 5.73 Å². The molecule has 0 radical (unpaired) electrons. The van der Waals surface area contributed by atoms with Gasteiger partial charge in [0.15, 0.2) is 5.78 Å². The maximum absolute atomic E-state index is 13.3. The lowest BCUT2D eigenvalue weighted by atomic mass is 9.82. The lowest BCUT2D eigenvalue weighted by Gasteiger charge is -2.23. The van der Waals surface area contributed by atoms with Crippen LogP contribution in [0.2, 0.25) is 0 Å². The Morgan fingerprint density at radius 1 is 1.15 bits per heavy atom. The van der Waals surface area contributed by atoms with E-state index in [2.05, 4.69) is 9.97 Å². The summed E-state index contributed by atoms with van der Waals surface area (Å²) in [5, 5.41) is 0. The summed E-state index contributed by atoms with van der Waals surface area (Å²) in [5.41, 5.74) is 6.93. The fraction of sp³-hybridized carbons (Fsp3) is 0.214. The molecule has 0 fully saturated rings. The number of carbonyl (C=O) groups is 1. The third-order valence-electron chi connectivity index (χ3n) is 3.41. The van der Waals surface area contributed by atoms with Gasteiger partial charge in [0.1, 0.15) is 11.6 Å². The van der Waals surface area contributed by atoms with E-state index in [1.807, 2.05) is 0 Å². The number of nitrogens with zero attached hydrogens (tertiary/aromatic N) is 2. The maximum Gasteiger partial charge on any atom is 0.220 e. The van der Waals surface area contributed by atoms with Gasteiger partial charge in [-0.25, -0.2) is 18.7 Å². The van der Waals surface area contributed by atoms with Crippen LogP contribution in [0.4, 0.5) is 14.7 Å². The van der Waals surface area contributed by atoms with Crippen LogP contribution in [0.3, 0.4) is 0 Å².